The van der Waals surface area contributed by atoms with Crippen LogP contribution in [0.25, 0.3) is 0 Å². The molecule has 1 aromatic heterocycles. The highest BCUT2D eigenvalue weighted by atomic mass is 35.5. The van der Waals surface area contributed by atoms with Gasteiger partial charge in [0.2, 0.25) is 5.78 Å². The van der Waals surface area contributed by atoms with Crippen molar-refractivity contribution in [2.75, 3.05) is 7.11 Å². The zero-order valence-electron chi connectivity index (χ0n) is 15.5. The van der Waals surface area contributed by atoms with Crippen molar-refractivity contribution in [3.63, 3.8) is 0 Å². The van der Waals surface area contributed by atoms with Gasteiger partial charge >= 0.3 is 11.9 Å². The quantitative estimate of drug-likeness (QED) is 0.335. The highest BCUT2D eigenvalue weighted by Crippen LogP contribution is 2.25. The van der Waals surface area contributed by atoms with Gasteiger partial charge in [-0.1, -0.05) is 11.6 Å². The van der Waals surface area contributed by atoms with E-state index >= 15 is 0 Å². The van der Waals surface area contributed by atoms with E-state index in [0.29, 0.717) is 11.3 Å². The molecule has 0 saturated heterocycles. The standard InChI is InChI=1S/C18H17ClN2O7/c1-8-14(18(24)27-4)9(2)20-15(8)16(22)10(3)28-17(23)12-6-5-11(21(25)26)7-13(12)19/h5-7,10,20H,1-4H3/t10-/m0/s1. The van der Waals surface area contributed by atoms with Gasteiger partial charge in [0.05, 0.1) is 33.9 Å². The summed E-state index contributed by atoms with van der Waals surface area (Å²) in [5.74, 6) is -2.05. The number of esters is 2. The number of aromatic nitrogens is 1. The summed E-state index contributed by atoms with van der Waals surface area (Å²) in [7, 11) is 1.23. The summed E-state index contributed by atoms with van der Waals surface area (Å²) in [4.78, 5) is 49.7. The summed E-state index contributed by atoms with van der Waals surface area (Å²) in [5, 5.41) is 10.6. The number of carbonyl (C=O) groups excluding carboxylic acids is 3. The molecule has 1 atom stereocenters. The molecule has 1 aromatic carbocycles. The van der Waals surface area contributed by atoms with E-state index in [2.05, 4.69) is 4.98 Å². The molecule has 0 aliphatic heterocycles. The minimum atomic E-state index is -1.19. The maximum absolute atomic E-state index is 12.7. The van der Waals surface area contributed by atoms with Crippen LogP contribution in [-0.4, -0.2) is 40.8 Å². The summed E-state index contributed by atoms with van der Waals surface area (Å²) in [6.45, 7) is 4.56. The van der Waals surface area contributed by atoms with Crippen LogP contribution in [0.4, 0.5) is 5.69 Å². The fourth-order valence-electron chi connectivity index (χ4n) is 2.67. The maximum atomic E-state index is 12.7. The number of non-ortho nitro benzene ring substituents is 1. The zero-order valence-corrected chi connectivity index (χ0v) is 16.2. The number of nitrogens with zero attached hydrogens (tertiary/aromatic N) is 1. The van der Waals surface area contributed by atoms with Crippen molar-refractivity contribution < 1.29 is 28.8 Å². The summed E-state index contributed by atoms with van der Waals surface area (Å²) in [6.07, 6.45) is -1.19. The molecule has 10 heteroatoms. The second-order valence-corrected chi connectivity index (χ2v) is 6.36. The first kappa shape index (κ1) is 21.1. The second kappa shape index (κ2) is 8.22. The van der Waals surface area contributed by atoms with E-state index < -0.39 is 28.7 Å². The highest BCUT2D eigenvalue weighted by Gasteiger charge is 2.28. The Morgan fingerprint density at radius 1 is 1.21 bits per heavy atom. The van der Waals surface area contributed by atoms with E-state index in [4.69, 9.17) is 21.1 Å². The monoisotopic (exact) mass is 408 g/mol. The largest absolute Gasteiger partial charge is 0.465 e. The molecule has 2 aromatic rings. The number of nitro benzene ring substituents is 1. The van der Waals surface area contributed by atoms with E-state index in [0.717, 1.165) is 18.2 Å². The Balaban J connectivity index is 2.22. The first-order chi connectivity index (χ1) is 13.1. The van der Waals surface area contributed by atoms with Crippen molar-refractivity contribution in [3.8, 4) is 0 Å². The van der Waals surface area contributed by atoms with Crippen LogP contribution in [0, 0.1) is 24.0 Å². The lowest BCUT2D eigenvalue weighted by molar-refractivity contribution is -0.384. The highest BCUT2D eigenvalue weighted by molar-refractivity contribution is 6.33. The van der Waals surface area contributed by atoms with Crippen LogP contribution >= 0.6 is 11.6 Å². The van der Waals surface area contributed by atoms with E-state index in [1.807, 2.05) is 0 Å². The Bertz CT molecular complexity index is 981. The molecule has 9 nitrogen and oxygen atoms in total. The van der Waals surface area contributed by atoms with Crippen molar-refractivity contribution in [3.05, 3.63) is 61.4 Å². The molecule has 1 heterocycles. The van der Waals surface area contributed by atoms with Crippen molar-refractivity contribution in [2.24, 2.45) is 0 Å². The predicted octanol–water partition coefficient (Wildman–Crippen LogP) is 3.41. The number of nitro groups is 1. The number of methoxy groups -OCH3 is 1. The molecule has 1 N–H and O–H groups in total. The number of aryl methyl sites for hydroxylation is 1. The Morgan fingerprint density at radius 3 is 2.39 bits per heavy atom. The predicted molar refractivity (Wildman–Crippen MR) is 98.9 cm³/mol. The number of H-pyrrole nitrogens is 1. The van der Waals surface area contributed by atoms with Crippen LogP contribution in [0.5, 0.6) is 0 Å². The van der Waals surface area contributed by atoms with Crippen molar-refractivity contribution in [1.29, 1.82) is 0 Å². The van der Waals surface area contributed by atoms with Gasteiger partial charge in [0.1, 0.15) is 0 Å². The molecule has 0 bridgehead atoms. The van der Waals surface area contributed by atoms with Crippen LogP contribution in [-0.2, 0) is 9.47 Å². The minimum absolute atomic E-state index is 0.110. The van der Waals surface area contributed by atoms with E-state index in [1.165, 1.54) is 14.0 Å². The number of benzene rings is 1. The molecule has 0 fully saturated rings. The molecule has 0 spiro atoms. The molecule has 2 rings (SSSR count). The van der Waals surface area contributed by atoms with Gasteiger partial charge < -0.3 is 14.5 Å². The van der Waals surface area contributed by atoms with Gasteiger partial charge in [0, 0.05) is 17.8 Å². The summed E-state index contributed by atoms with van der Waals surface area (Å²) in [6, 6.07) is 3.28. The lowest BCUT2D eigenvalue weighted by Crippen LogP contribution is -2.25. The SMILES string of the molecule is COC(=O)c1c(C)[nH]c(C(=O)[C@H](C)OC(=O)c2ccc([N+](=O)[O-])cc2Cl)c1C. The van der Waals surface area contributed by atoms with Crippen molar-refractivity contribution in [1.82, 2.24) is 4.98 Å². The number of hydrogen-bond acceptors (Lipinski definition) is 7. The first-order valence-corrected chi connectivity index (χ1v) is 8.42. The number of Topliss-reactive ketones (excluding diaryl/α,β-unsaturated/α-hetero) is 1. The van der Waals surface area contributed by atoms with Gasteiger partial charge in [-0.15, -0.1) is 0 Å². The van der Waals surface area contributed by atoms with E-state index in [1.54, 1.807) is 13.8 Å². The van der Waals surface area contributed by atoms with Gasteiger partial charge in [0.25, 0.3) is 5.69 Å². The number of ether oxygens (including phenoxy) is 2. The summed E-state index contributed by atoms with van der Waals surface area (Å²) in [5.41, 5.74) is 0.797. The first-order valence-electron chi connectivity index (χ1n) is 8.05. The topological polar surface area (TPSA) is 129 Å². The van der Waals surface area contributed by atoms with Crippen LogP contribution in [0.1, 0.15) is 49.4 Å². The van der Waals surface area contributed by atoms with Gasteiger partial charge in [0.15, 0.2) is 6.10 Å². The minimum Gasteiger partial charge on any atom is -0.465 e. The Labute approximate surface area is 164 Å². The van der Waals surface area contributed by atoms with Gasteiger partial charge in [-0.05, 0) is 32.4 Å². The van der Waals surface area contributed by atoms with Crippen LogP contribution in [0.2, 0.25) is 5.02 Å². The number of halogens is 1. The Hall–Kier alpha value is -3.20. The van der Waals surface area contributed by atoms with Crippen LogP contribution < -0.4 is 0 Å². The molecule has 0 radical (unpaired) electrons. The normalized spacial score (nSPS) is 11.6. The fraction of sp³-hybridized carbons (Fsp3) is 0.278. The molecule has 148 valence electrons. The third-order valence-corrected chi connectivity index (χ3v) is 4.42. The maximum Gasteiger partial charge on any atom is 0.340 e. The number of ketones is 1. The molecule has 0 saturated carbocycles. The molecular formula is C18H17ClN2O7. The molecule has 0 aliphatic carbocycles. The summed E-state index contributed by atoms with van der Waals surface area (Å²) >= 11 is 5.90. The van der Waals surface area contributed by atoms with Gasteiger partial charge in [-0.25, -0.2) is 9.59 Å². The lowest BCUT2D eigenvalue weighted by atomic mass is 10.1. The third-order valence-electron chi connectivity index (χ3n) is 4.11. The van der Waals surface area contributed by atoms with Crippen LogP contribution in [0.3, 0.4) is 0 Å². The molecule has 28 heavy (non-hydrogen) atoms. The van der Waals surface area contributed by atoms with Gasteiger partial charge in [-0.2, -0.15) is 0 Å². The third kappa shape index (κ3) is 4.04. The number of hydrogen-bond donors (Lipinski definition) is 1. The summed E-state index contributed by atoms with van der Waals surface area (Å²) < 4.78 is 9.84. The smallest absolute Gasteiger partial charge is 0.340 e. The Morgan fingerprint density at radius 2 is 1.86 bits per heavy atom. The van der Waals surface area contributed by atoms with Gasteiger partial charge in [-0.3, -0.25) is 14.9 Å². The van der Waals surface area contributed by atoms with Crippen molar-refractivity contribution in [2.45, 2.75) is 26.9 Å². The molecular weight excluding hydrogens is 392 g/mol. The number of aromatic amines is 1. The molecule has 0 aliphatic rings. The van der Waals surface area contributed by atoms with Crippen LogP contribution in [0.15, 0.2) is 18.2 Å². The van der Waals surface area contributed by atoms with E-state index in [9.17, 15) is 24.5 Å². The number of rotatable bonds is 6. The average Bonchev–Trinajstić information content (AvgIpc) is 2.94. The average molecular weight is 409 g/mol. The fourth-order valence-corrected chi connectivity index (χ4v) is 2.92. The number of nitrogens with one attached hydrogen (secondary N) is 1. The number of carbonyl (C=O) groups is 3. The van der Waals surface area contributed by atoms with Crippen molar-refractivity contribution >= 4 is 35.0 Å². The lowest BCUT2D eigenvalue weighted by Gasteiger charge is -2.13. The van der Waals surface area contributed by atoms with E-state index in [-0.39, 0.29) is 27.5 Å². The second-order valence-electron chi connectivity index (χ2n) is 5.95. The Kier molecular flexibility index (Phi) is 6.19. The molecule has 0 unspecified atom stereocenters. The molecule has 0 amide bonds. The zero-order chi connectivity index (χ0) is 21.2.